The summed E-state index contributed by atoms with van der Waals surface area (Å²) in [6.07, 6.45) is 0. The van der Waals surface area contributed by atoms with E-state index in [1.54, 1.807) is 0 Å². The van der Waals surface area contributed by atoms with Crippen LogP contribution in [0.4, 0.5) is 0 Å². The fourth-order valence-corrected chi connectivity index (χ4v) is 3.96. The van der Waals surface area contributed by atoms with Gasteiger partial charge < -0.3 is 4.57 Å². The van der Waals surface area contributed by atoms with E-state index in [0.29, 0.717) is 0 Å². The highest BCUT2D eigenvalue weighted by Gasteiger charge is 2.33. The minimum atomic E-state index is -1.46. The molecule has 0 radical (unpaired) electrons. The number of nitrogens with zero attached hydrogens (tertiary/aromatic N) is 2. The number of nitriles is 1. The molecule has 0 N–H and O–H groups in total. The van der Waals surface area contributed by atoms with Gasteiger partial charge >= 0.3 is 0 Å². The zero-order chi connectivity index (χ0) is 9.78. The molecular formula is C9H20N2Si. The zero-order valence-electron chi connectivity index (χ0n) is 8.89. The third-order valence-electron chi connectivity index (χ3n) is 2.83. The summed E-state index contributed by atoms with van der Waals surface area (Å²) in [5, 5.41) is 8.87. The Hall–Kier alpha value is -0.333. The van der Waals surface area contributed by atoms with Crippen LogP contribution in [-0.2, 0) is 0 Å². The zero-order valence-corrected chi connectivity index (χ0v) is 9.89. The first-order chi connectivity index (χ1) is 5.50. The van der Waals surface area contributed by atoms with E-state index in [1.165, 1.54) is 0 Å². The van der Waals surface area contributed by atoms with E-state index in [0.717, 1.165) is 13.1 Å². The Morgan fingerprint density at radius 3 is 2.00 bits per heavy atom. The molecule has 0 aliphatic rings. The molecule has 0 aromatic carbocycles. The Morgan fingerprint density at radius 2 is 1.75 bits per heavy atom. The molecule has 0 spiro atoms. The molecule has 12 heavy (non-hydrogen) atoms. The van der Waals surface area contributed by atoms with Crippen molar-refractivity contribution in [2.24, 2.45) is 0 Å². The normalized spacial score (nSPS) is 14.4. The lowest BCUT2D eigenvalue weighted by atomic mass is 10.5. The van der Waals surface area contributed by atoms with Gasteiger partial charge in [-0.05, 0) is 13.1 Å². The van der Waals surface area contributed by atoms with Gasteiger partial charge in [-0.1, -0.05) is 33.9 Å². The van der Waals surface area contributed by atoms with E-state index >= 15 is 0 Å². The van der Waals surface area contributed by atoms with Crippen LogP contribution < -0.4 is 0 Å². The maximum atomic E-state index is 8.87. The lowest BCUT2D eigenvalue weighted by Gasteiger charge is -2.37. The van der Waals surface area contributed by atoms with Crippen LogP contribution in [0.3, 0.4) is 0 Å². The second kappa shape index (κ2) is 4.63. The van der Waals surface area contributed by atoms with Crippen molar-refractivity contribution in [3.63, 3.8) is 0 Å². The van der Waals surface area contributed by atoms with Gasteiger partial charge in [-0.15, -0.1) is 0 Å². The largest absolute Gasteiger partial charge is 0.323 e. The van der Waals surface area contributed by atoms with E-state index in [2.05, 4.69) is 37.6 Å². The standard InChI is InChI=1S/C9H20N2Si/c1-6-11(7-2)12(4,5)9(3)8-10/h9H,6-7H2,1-5H3. The van der Waals surface area contributed by atoms with Crippen molar-refractivity contribution < 1.29 is 0 Å². The molecule has 0 aliphatic carbocycles. The average molecular weight is 184 g/mol. The van der Waals surface area contributed by atoms with Gasteiger partial charge in [0.2, 0.25) is 0 Å². The molecule has 0 aliphatic heterocycles. The molecule has 0 saturated heterocycles. The summed E-state index contributed by atoms with van der Waals surface area (Å²) in [5.41, 5.74) is 0.220. The summed E-state index contributed by atoms with van der Waals surface area (Å²) in [4.78, 5) is 0. The van der Waals surface area contributed by atoms with Gasteiger partial charge in [0.05, 0.1) is 11.6 Å². The van der Waals surface area contributed by atoms with Crippen LogP contribution in [0.2, 0.25) is 18.6 Å². The van der Waals surface area contributed by atoms with Crippen molar-refractivity contribution in [3.05, 3.63) is 0 Å². The quantitative estimate of drug-likeness (QED) is 0.628. The van der Waals surface area contributed by atoms with Gasteiger partial charge in [-0.2, -0.15) is 5.26 Å². The Labute approximate surface area is 77.3 Å². The van der Waals surface area contributed by atoms with Crippen molar-refractivity contribution in [2.45, 2.75) is 39.4 Å². The van der Waals surface area contributed by atoms with Gasteiger partial charge in [-0.3, -0.25) is 0 Å². The summed E-state index contributed by atoms with van der Waals surface area (Å²) < 4.78 is 2.46. The molecule has 0 aromatic heterocycles. The number of rotatable bonds is 4. The summed E-state index contributed by atoms with van der Waals surface area (Å²) in [6.45, 7) is 13.1. The van der Waals surface area contributed by atoms with Crippen molar-refractivity contribution in [1.82, 2.24) is 4.57 Å². The Kier molecular flexibility index (Phi) is 4.51. The maximum absolute atomic E-state index is 8.87. The van der Waals surface area contributed by atoms with E-state index in [9.17, 15) is 0 Å². The van der Waals surface area contributed by atoms with E-state index in [-0.39, 0.29) is 5.54 Å². The average Bonchev–Trinajstić information content (AvgIpc) is 2.04. The lowest BCUT2D eigenvalue weighted by molar-refractivity contribution is 0.461. The second-order valence-corrected chi connectivity index (χ2v) is 8.48. The molecule has 0 amide bonds. The van der Waals surface area contributed by atoms with Crippen LogP contribution in [0, 0.1) is 11.3 Å². The molecule has 0 aromatic rings. The first-order valence-electron chi connectivity index (χ1n) is 4.65. The van der Waals surface area contributed by atoms with Gasteiger partial charge in [-0.25, -0.2) is 0 Å². The van der Waals surface area contributed by atoms with Crippen molar-refractivity contribution in [3.8, 4) is 6.07 Å². The van der Waals surface area contributed by atoms with Crippen molar-refractivity contribution >= 4 is 8.24 Å². The molecule has 1 atom stereocenters. The van der Waals surface area contributed by atoms with Gasteiger partial charge in [0.25, 0.3) is 0 Å². The summed E-state index contributed by atoms with van der Waals surface area (Å²) in [6, 6.07) is 2.37. The van der Waals surface area contributed by atoms with Crippen LogP contribution in [0.25, 0.3) is 0 Å². The monoisotopic (exact) mass is 184 g/mol. The second-order valence-electron chi connectivity index (χ2n) is 3.68. The molecule has 0 fully saturated rings. The van der Waals surface area contributed by atoms with Gasteiger partial charge in [0.1, 0.15) is 8.24 Å². The molecule has 0 heterocycles. The SMILES string of the molecule is CCN(CC)[Si](C)(C)C(C)C#N. The Balaban J connectivity index is 4.47. The van der Waals surface area contributed by atoms with E-state index < -0.39 is 8.24 Å². The Morgan fingerprint density at radius 1 is 1.33 bits per heavy atom. The minimum Gasteiger partial charge on any atom is -0.323 e. The highest BCUT2D eigenvalue weighted by molar-refractivity contribution is 6.76. The molecule has 1 unspecified atom stereocenters. The minimum absolute atomic E-state index is 0.220. The fourth-order valence-electron chi connectivity index (χ4n) is 1.47. The van der Waals surface area contributed by atoms with Gasteiger partial charge in [0.15, 0.2) is 0 Å². The topological polar surface area (TPSA) is 27.0 Å². The predicted octanol–water partition coefficient (Wildman–Crippen LogP) is 2.45. The first-order valence-corrected chi connectivity index (χ1v) is 7.67. The smallest absolute Gasteiger partial charge is 0.139 e. The van der Waals surface area contributed by atoms with Crippen LogP contribution in [0.5, 0.6) is 0 Å². The third kappa shape index (κ3) is 2.33. The van der Waals surface area contributed by atoms with Crippen LogP contribution in [0.15, 0.2) is 0 Å². The van der Waals surface area contributed by atoms with E-state index in [4.69, 9.17) is 5.26 Å². The van der Waals surface area contributed by atoms with Crippen molar-refractivity contribution in [1.29, 1.82) is 5.26 Å². The summed E-state index contributed by atoms with van der Waals surface area (Å²) in [7, 11) is -1.46. The molecule has 0 saturated carbocycles. The molecule has 2 nitrogen and oxygen atoms in total. The third-order valence-corrected chi connectivity index (χ3v) is 7.34. The highest BCUT2D eigenvalue weighted by atomic mass is 28.3. The van der Waals surface area contributed by atoms with Crippen LogP contribution in [0.1, 0.15) is 20.8 Å². The van der Waals surface area contributed by atoms with Gasteiger partial charge in [0, 0.05) is 0 Å². The van der Waals surface area contributed by atoms with Crippen LogP contribution in [-0.4, -0.2) is 25.9 Å². The maximum Gasteiger partial charge on any atom is 0.139 e. The van der Waals surface area contributed by atoms with Crippen LogP contribution >= 0.6 is 0 Å². The highest BCUT2D eigenvalue weighted by Crippen LogP contribution is 2.23. The summed E-state index contributed by atoms with van der Waals surface area (Å²) in [5.74, 6) is 0. The van der Waals surface area contributed by atoms with E-state index in [1.807, 2.05) is 6.92 Å². The van der Waals surface area contributed by atoms with Crippen molar-refractivity contribution in [2.75, 3.05) is 13.1 Å². The molecular weight excluding hydrogens is 164 g/mol. The molecule has 70 valence electrons. The number of hydrogen-bond acceptors (Lipinski definition) is 2. The summed E-state index contributed by atoms with van der Waals surface area (Å²) >= 11 is 0. The fraction of sp³-hybridized carbons (Fsp3) is 0.889. The lowest BCUT2D eigenvalue weighted by Crippen LogP contribution is -2.50. The predicted molar refractivity (Wildman–Crippen MR) is 55.4 cm³/mol. The molecule has 0 rings (SSSR count). The molecule has 3 heteroatoms. The number of hydrogen-bond donors (Lipinski definition) is 0. The first kappa shape index (κ1) is 11.7. The molecule has 0 bridgehead atoms. The Bertz CT molecular complexity index is 168.